The molecule has 0 spiro atoms. The fourth-order valence-electron chi connectivity index (χ4n) is 0. The van der Waals surface area contributed by atoms with Gasteiger partial charge in [-0.2, -0.15) is 0 Å². The predicted molar refractivity (Wildman–Crippen MR) is 31.1 cm³/mol. The molecule has 4 heavy (non-hydrogen) atoms. The Bertz CT molecular complexity index is 8.00. The predicted octanol–water partition coefficient (Wildman–Crippen LogP) is -0.949. The van der Waals surface area contributed by atoms with Gasteiger partial charge in [0.2, 0.25) is 0 Å². The van der Waals surface area contributed by atoms with E-state index in [0.717, 1.165) is 0 Å². The Morgan fingerprint density at radius 2 is 1.25 bits per heavy atom. The van der Waals surface area contributed by atoms with Crippen LogP contribution in [0.2, 0.25) is 0 Å². The van der Waals surface area contributed by atoms with Crippen molar-refractivity contribution >= 4 is 50.5 Å². The van der Waals surface area contributed by atoms with Crippen molar-refractivity contribution in [2.24, 2.45) is 0 Å². The van der Waals surface area contributed by atoms with E-state index >= 15 is 0 Å². The van der Waals surface area contributed by atoms with E-state index in [1.54, 1.807) is 0 Å². The van der Waals surface area contributed by atoms with Crippen molar-refractivity contribution in [1.29, 1.82) is 0 Å². The zero-order valence-corrected chi connectivity index (χ0v) is 6.10. The quantitative estimate of drug-likeness (QED) is 0.400. The second kappa shape index (κ2) is 18.5. The molecule has 0 aliphatic carbocycles. The average Bonchev–Trinajstić information content (AvgIpc) is 1.00. The van der Waals surface area contributed by atoms with Gasteiger partial charge in [-0.1, -0.05) is 0 Å². The molecule has 0 aliphatic heterocycles. The van der Waals surface area contributed by atoms with Crippen molar-refractivity contribution < 1.29 is 17.1 Å². The molecular formula is H4AlCuISe. The SMILES string of the molecule is [AlH3].[Cu].[SeH]I. The monoisotopic (exact) mass is 301 g/mol. The number of rotatable bonds is 0. The summed E-state index contributed by atoms with van der Waals surface area (Å²) in [4.78, 5) is 0. The summed E-state index contributed by atoms with van der Waals surface area (Å²) in [7, 11) is 0. The zero-order valence-electron chi connectivity index (χ0n) is 1.13. The zero-order chi connectivity index (χ0) is 2.00. The maximum atomic E-state index is 2.28. The molecular weight excluding hydrogens is 296 g/mol. The molecule has 0 atom stereocenters. The van der Waals surface area contributed by atoms with Crippen LogP contribution in [0.15, 0.2) is 0 Å². The topological polar surface area (TPSA) is 0 Å². The van der Waals surface area contributed by atoms with Crippen LogP contribution in [-0.4, -0.2) is 30.1 Å². The van der Waals surface area contributed by atoms with Gasteiger partial charge < -0.3 is 0 Å². The summed E-state index contributed by atoms with van der Waals surface area (Å²) in [6.45, 7) is 0. The molecule has 0 bridgehead atoms. The number of halogens is 1. The van der Waals surface area contributed by atoms with Crippen LogP contribution in [0.5, 0.6) is 0 Å². The van der Waals surface area contributed by atoms with Gasteiger partial charge in [-0.25, -0.2) is 0 Å². The van der Waals surface area contributed by atoms with Gasteiger partial charge >= 0.3 is 33.1 Å². The van der Waals surface area contributed by atoms with E-state index in [1.165, 1.54) is 0 Å². The van der Waals surface area contributed by atoms with Crippen LogP contribution in [0.1, 0.15) is 0 Å². The van der Waals surface area contributed by atoms with Gasteiger partial charge in [0.05, 0.1) is 0 Å². The third-order valence-electron chi connectivity index (χ3n) is 0. The van der Waals surface area contributed by atoms with E-state index in [4.69, 9.17) is 0 Å². The Hall–Kier alpha value is 2.30. The maximum absolute atomic E-state index is 2.28. The van der Waals surface area contributed by atoms with Gasteiger partial charge in [0.1, 0.15) is 0 Å². The van der Waals surface area contributed by atoms with E-state index in [-0.39, 0.29) is 34.4 Å². The average molecular weight is 300 g/mol. The molecule has 0 aromatic heterocycles. The van der Waals surface area contributed by atoms with Crippen molar-refractivity contribution in [1.82, 2.24) is 0 Å². The molecule has 0 nitrogen and oxygen atoms in total. The van der Waals surface area contributed by atoms with Crippen LogP contribution in [-0.2, 0) is 17.1 Å². The van der Waals surface area contributed by atoms with Gasteiger partial charge in [-0.15, -0.1) is 0 Å². The van der Waals surface area contributed by atoms with Crippen LogP contribution in [0.25, 0.3) is 0 Å². The molecule has 0 fully saturated rings. The molecule has 0 unspecified atom stereocenters. The first kappa shape index (κ1) is 16.2. The van der Waals surface area contributed by atoms with Crippen LogP contribution in [0, 0.1) is 0 Å². The van der Waals surface area contributed by atoms with Crippen LogP contribution in [0.3, 0.4) is 0 Å². The Balaban J connectivity index is -0.00000000500. The van der Waals surface area contributed by atoms with Gasteiger partial charge in [0.25, 0.3) is 0 Å². The van der Waals surface area contributed by atoms with Gasteiger partial charge in [-0.3, -0.25) is 0 Å². The molecule has 0 amide bonds. The minimum atomic E-state index is 0. The molecule has 1 radical (unpaired) electrons. The van der Waals surface area contributed by atoms with Gasteiger partial charge in [-0.05, 0) is 0 Å². The summed E-state index contributed by atoms with van der Waals surface area (Å²) in [5.74, 6) is 0. The van der Waals surface area contributed by atoms with Crippen molar-refractivity contribution in [3.8, 4) is 0 Å². The molecule has 4 heteroatoms. The van der Waals surface area contributed by atoms with Crippen molar-refractivity contribution in [2.45, 2.75) is 0 Å². The molecule has 0 saturated carbocycles. The molecule has 0 rings (SSSR count). The van der Waals surface area contributed by atoms with Gasteiger partial charge in [0.15, 0.2) is 17.4 Å². The van der Waals surface area contributed by atoms with Crippen molar-refractivity contribution in [3.63, 3.8) is 0 Å². The third-order valence-corrected chi connectivity index (χ3v) is 0. The summed E-state index contributed by atoms with van der Waals surface area (Å²) >= 11 is 4.37. The minimum absolute atomic E-state index is 0. The Morgan fingerprint density at radius 1 is 1.25 bits per heavy atom. The molecule has 31 valence electrons. The van der Waals surface area contributed by atoms with Crippen LogP contribution in [0.4, 0.5) is 0 Å². The summed E-state index contributed by atoms with van der Waals surface area (Å²) in [6.07, 6.45) is 0. The van der Waals surface area contributed by atoms with Crippen molar-refractivity contribution in [2.75, 3.05) is 0 Å². The first-order valence-corrected chi connectivity index (χ1v) is 5.89. The standard InChI is InChI=1S/Al.Cu.HISe.3H/c;;1-2;;;/h;;2H;;;. The number of hydrogen-bond acceptors (Lipinski definition) is 0. The van der Waals surface area contributed by atoms with E-state index in [1.807, 2.05) is 0 Å². The first-order chi connectivity index (χ1) is 1.00. The molecule has 0 aromatic carbocycles. The summed E-state index contributed by atoms with van der Waals surface area (Å²) in [5.41, 5.74) is 0. The van der Waals surface area contributed by atoms with E-state index in [2.05, 4.69) is 33.1 Å². The van der Waals surface area contributed by atoms with E-state index in [0.29, 0.717) is 0 Å². The fraction of sp³-hybridized carbons (Fsp3) is 0. The Morgan fingerprint density at radius 3 is 1.25 bits per heavy atom. The van der Waals surface area contributed by atoms with Crippen LogP contribution >= 0.6 is 20.3 Å². The van der Waals surface area contributed by atoms with Crippen molar-refractivity contribution in [3.05, 3.63) is 0 Å². The summed E-state index contributed by atoms with van der Waals surface area (Å²) in [6, 6.07) is 0. The summed E-state index contributed by atoms with van der Waals surface area (Å²) in [5, 5.41) is 0. The first-order valence-electron chi connectivity index (χ1n) is 0.169. The Kier molecular flexibility index (Phi) is 75.2. The Labute approximate surface area is 66.6 Å². The third kappa shape index (κ3) is 8.85. The van der Waals surface area contributed by atoms with E-state index in [9.17, 15) is 0 Å². The second-order valence-electron chi connectivity index (χ2n) is 0. The van der Waals surface area contributed by atoms with E-state index < -0.39 is 0 Å². The normalized spacial score (nSPS) is 1.50. The fourth-order valence-corrected chi connectivity index (χ4v) is 0. The molecule has 0 aromatic rings. The molecule has 0 N–H and O–H groups in total. The molecule has 0 saturated heterocycles. The molecule has 0 aliphatic rings. The summed E-state index contributed by atoms with van der Waals surface area (Å²) < 4.78 is 0. The van der Waals surface area contributed by atoms with Gasteiger partial charge in [0, 0.05) is 17.1 Å². The van der Waals surface area contributed by atoms with Crippen LogP contribution < -0.4 is 0 Å². The molecule has 0 heterocycles. The second-order valence-corrected chi connectivity index (χ2v) is 0. The number of hydrogen-bond donors (Lipinski definition) is 0.